The number of halogens is 1. The van der Waals surface area contributed by atoms with Crippen molar-refractivity contribution in [3.05, 3.63) is 29.8 Å². The van der Waals surface area contributed by atoms with Crippen LogP contribution in [0.3, 0.4) is 0 Å². The van der Waals surface area contributed by atoms with E-state index in [2.05, 4.69) is 5.32 Å². The topological polar surface area (TPSA) is 64.4 Å². The molecule has 0 spiro atoms. The molecular formula is C15H23ClN2O2. The van der Waals surface area contributed by atoms with Gasteiger partial charge in [-0.15, -0.1) is 12.4 Å². The molecule has 1 aromatic carbocycles. The molecule has 2 rings (SSSR count). The molecule has 0 radical (unpaired) electrons. The average molecular weight is 299 g/mol. The van der Waals surface area contributed by atoms with E-state index in [0.29, 0.717) is 13.0 Å². The van der Waals surface area contributed by atoms with Crippen LogP contribution >= 0.6 is 12.4 Å². The van der Waals surface area contributed by atoms with E-state index in [9.17, 15) is 4.79 Å². The van der Waals surface area contributed by atoms with Gasteiger partial charge in [-0.1, -0.05) is 18.2 Å². The largest absolute Gasteiger partial charge is 0.493 e. The summed E-state index contributed by atoms with van der Waals surface area (Å²) in [7, 11) is 0. The Balaban J connectivity index is 0.00000200. The number of nitrogens with two attached hydrogens (primary N) is 1. The number of benzene rings is 1. The summed E-state index contributed by atoms with van der Waals surface area (Å²) in [6.45, 7) is 3.10. The van der Waals surface area contributed by atoms with Gasteiger partial charge in [0.2, 0.25) is 5.91 Å². The maximum Gasteiger partial charge on any atom is 0.221 e. The molecule has 0 aromatic heterocycles. The fourth-order valence-electron chi connectivity index (χ4n) is 1.84. The second kappa shape index (κ2) is 8.12. The van der Waals surface area contributed by atoms with E-state index in [4.69, 9.17) is 10.5 Å². The summed E-state index contributed by atoms with van der Waals surface area (Å²) in [5.41, 5.74) is 6.61. The standard InChI is InChI=1S/C15H22N2O2.ClH/c1-11(16)8-15(18)17-9-13-4-2-3-5-14(13)19-10-12-6-7-12;/h2-5,11-12H,6-10,16H2,1H3,(H,17,18);1H. The van der Waals surface area contributed by atoms with Crippen LogP contribution in [-0.4, -0.2) is 18.6 Å². The highest BCUT2D eigenvalue weighted by Crippen LogP contribution is 2.30. The van der Waals surface area contributed by atoms with Crippen molar-refractivity contribution in [2.75, 3.05) is 6.61 Å². The third kappa shape index (κ3) is 5.80. The Labute approximate surface area is 126 Å². The van der Waals surface area contributed by atoms with Gasteiger partial charge in [-0.3, -0.25) is 4.79 Å². The van der Waals surface area contributed by atoms with Crippen LogP contribution < -0.4 is 15.8 Å². The Morgan fingerprint density at radius 1 is 1.45 bits per heavy atom. The van der Waals surface area contributed by atoms with Crippen molar-refractivity contribution in [1.82, 2.24) is 5.32 Å². The predicted molar refractivity (Wildman–Crippen MR) is 82.0 cm³/mol. The molecule has 1 atom stereocenters. The minimum Gasteiger partial charge on any atom is -0.493 e. The Morgan fingerprint density at radius 3 is 2.80 bits per heavy atom. The number of rotatable bonds is 7. The van der Waals surface area contributed by atoms with E-state index in [-0.39, 0.29) is 24.4 Å². The van der Waals surface area contributed by atoms with Crippen LogP contribution in [0, 0.1) is 5.92 Å². The lowest BCUT2D eigenvalue weighted by Gasteiger charge is -2.12. The quantitative estimate of drug-likeness (QED) is 0.811. The molecule has 112 valence electrons. The predicted octanol–water partition coefficient (Wildman–Crippen LogP) is 2.25. The third-order valence-electron chi connectivity index (χ3n) is 3.13. The van der Waals surface area contributed by atoms with Gasteiger partial charge in [-0.25, -0.2) is 0 Å². The molecule has 1 unspecified atom stereocenters. The molecule has 1 aliphatic carbocycles. The van der Waals surface area contributed by atoms with Crippen LogP contribution in [0.5, 0.6) is 5.75 Å². The number of para-hydroxylation sites is 1. The average Bonchev–Trinajstić information content (AvgIpc) is 3.18. The van der Waals surface area contributed by atoms with Gasteiger partial charge in [0.05, 0.1) is 6.61 Å². The lowest BCUT2D eigenvalue weighted by molar-refractivity contribution is -0.121. The van der Waals surface area contributed by atoms with Crippen molar-refractivity contribution in [2.24, 2.45) is 11.7 Å². The van der Waals surface area contributed by atoms with E-state index in [0.717, 1.165) is 23.8 Å². The van der Waals surface area contributed by atoms with Crippen LogP contribution in [0.2, 0.25) is 0 Å². The molecule has 0 heterocycles. The molecule has 0 bridgehead atoms. The number of ether oxygens (including phenoxy) is 1. The molecule has 1 aromatic rings. The van der Waals surface area contributed by atoms with Crippen molar-refractivity contribution in [2.45, 2.75) is 38.8 Å². The number of carbonyl (C=O) groups is 1. The summed E-state index contributed by atoms with van der Waals surface area (Å²) in [6.07, 6.45) is 2.89. The number of amides is 1. The van der Waals surface area contributed by atoms with E-state index in [1.165, 1.54) is 12.8 Å². The van der Waals surface area contributed by atoms with E-state index < -0.39 is 0 Å². The highest BCUT2D eigenvalue weighted by atomic mass is 35.5. The summed E-state index contributed by atoms with van der Waals surface area (Å²) < 4.78 is 5.80. The zero-order valence-corrected chi connectivity index (χ0v) is 12.6. The summed E-state index contributed by atoms with van der Waals surface area (Å²) in [5.74, 6) is 1.57. The van der Waals surface area contributed by atoms with Crippen molar-refractivity contribution in [3.63, 3.8) is 0 Å². The van der Waals surface area contributed by atoms with Crippen LogP contribution in [-0.2, 0) is 11.3 Å². The van der Waals surface area contributed by atoms with Gasteiger partial charge in [0.15, 0.2) is 0 Å². The summed E-state index contributed by atoms with van der Waals surface area (Å²) in [6, 6.07) is 7.73. The van der Waals surface area contributed by atoms with Gasteiger partial charge in [0.1, 0.15) is 5.75 Å². The fraction of sp³-hybridized carbons (Fsp3) is 0.533. The monoisotopic (exact) mass is 298 g/mol. The van der Waals surface area contributed by atoms with Crippen LogP contribution in [0.1, 0.15) is 31.7 Å². The van der Waals surface area contributed by atoms with Gasteiger partial charge >= 0.3 is 0 Å². The number of nitrogens with one attached hydrogen (secondary N) is 1. The lowest BCUT2D eigenvalue weighted by atomic mass is 10.2. The first-order valence-electron chi connectivity index (χ1n) is 6.88. The normalized spacial score (nSPS) is 15.1. The summed E-state index contributed by atoms with van der Waals surface area (Å²) >= 11 is 0. The third-order valence-corrected chi connectivity index (χ3v) is 3.13. The molecule has 3 N–H and O–H groups in total. The summed E-state index contributed by atoms with van der Waals surface area (Å²) in [5, 5.41) is 2.88. The lowest BCUT2D eigenvalue weighted by Crippen LogP contribution is -2.29. The molecule has 0 aliphatic heterocycles. The minimum absolute atomic E-state index is 0. The van der Waals surface area contributed by atoms with Gasteiger partial charge in [-0.2, -0.15) is 0 Å². The Bertz CT molecular complexity index is 434. The number of carbonyl (C=O) groups excluding carboxylic acids is 1. The zero-order chi connectivity index (χ0) is 13.7. The fourth-order valence-corrected chi connectivity index (χ4v) is 1.84. The Morgan fingerprint density at radius 2 is 2.15 bits per heavy atom. The van der Waals surface area contributed by atoms with Crippen molar-refractivity contribution < 1.29 is 9.53 Å². The Hall–Kier alpha value is -1.26. The van der Waals surface area contributed by atoms with Gasteiger partial charge in [0.25, 0.3) is 0 Å². The van der Waals surface area contributed by atoms with Crippen LogP contribution in [0.15, 0.2) is 24.3 Å². The van der Waals surface area contributed by atoms with E-state index in [1.54, 1.807) is 0 Å². The summed E-state index contributed by atoms with van der Waals surface area (Å²) in [4.78, 5) is 11.6. The molecule has 1 aliphatic rings. The van der Waals surface area contributed by atoms with E-state index >= 15 is 0 Å². The Kier molecular flexibility index (Phi) is 6.82. The minimum atomic E-state index is -0.110. The zero-order valence-electron chi connectivity index (χ0n) is 11.8. The van der Waals surface area contributed by atoms with Gasteiger partial charge in [0, 0.05) is 24.6 Å². The first-order chi connectivity index (χ1) is 9.15. The first-order valence-corrected chi connectivity index (χ1v) is 6.88. The first kappa shape index (κ1) is 16.8. The molecule has 1 amide bonds. The highest BCUT2D eigenvalue weighted by molar-refractivity contribution is 5.85. The second-order valence-corrected chi connectivity index (χ2v) is 5.32. The molecule has 5 heteroatoms. The SMILES string of the molecule is CC(N)CC(=O)NCc1ccccc1OCC1CC1.Cl. The molecule has 20 heavy (non-hydrogen) atoms. The van der Waals surface area contributed by atoms with Gasteiger partial charge in [-0.05, 0) is 31.7 Å². The molecule has 0 saturated heterocycles. The highest BCUT2D eigenvalue weighted by Gasteiger charge is 2.22. The smallest absolute Gasteiger partial charge is 0.221 e. The molecule has 1 saturated carbocycles. The van der Waals surface area contributed by atoms with Crippen molar-refractivity contribution in [3.8, 4) is 5.75 Å². The molecule has 1 fully saturated rings. The maximum absolute atomic E-state index is 11.6. The number of hydrogen-bond acceptors (Lipinski definition) is 3. The van der Waals surface area contributed by atoms with E-state index in [1.807, 2.05) is 31.2 Å². The van der Waals surface area contributed by atoms with Crippen LogP contribution in [0.4, 0.5) is 0 Å². The number of hydrogen-bond donors (Lipinski definition) is 2. The second-order valence-electron chi connectivity index (χ2n) is 5.32. The molecule has 4 nitrogen and oxygen atoms in total. The van der Waals surface area contributed by atoms with Crippen LogP contribution in [0.25, 0.3) is 0 Å². The van der Waals surface area contributed by atoms with Crippen molar-refractivity contribution in [1.29, 1.82) is 0 Å². The van der Waals surface area contributed by atoms with Gasteiger partial charge < -0.3 is 15.8 Å². The van der Waals surface area contributed by atoms with Crippen molar-refractivity contribution >= 4 is 18.3 Å². The molecular weight excluding hydrogens is 276 g/mol. The maximum atomic E-state index is 11.6.